The zero-order chi connectivity index (χ0) is 18.8. The Morgan fingerprint density at radius 2 is 1.96 bits per heavy atom. The summed E-state index contributed by atoms with van der Waals surface area (Å²) in [5.74, 6) is -0.459. The molecule has 0 atom stereocenters. The van der Waals surface area contributed by atoms with Gasteiger partial charge in [0.15, 0.2) is 5.65 Å². The average molecular weight is 372 g/mol. The van der Waals surface area contributed by atoms with Crippen LogP contribution in [-0.4, -0.2) is 33.3 Å². The number of aryl methyl sites for hydroxylation is 1. The highest BCUT2D eigenvalue weighted by Crippen LogP contribution is 2.33. The van der Waals surface area contributed by atoms with E-state index in [2.05, 4.69) is 18.1 Å². The number of nitrogens with zero attached hydrogens (tertiary/aromatic N) is 3. The van der Waals surface area contributed by atoms with Gasteiger partial charge in [-0.15, -0.1) is 13.2 Å². The van der Waals surface area contributed by atoms with Crippen molar-refractivity contribution in [3.05, 3.63) is 59.5 Å². The molecule has 0 aliphatic heterocycles. The van der Waals surface area contributed by atoms with Crippen LogP contribution in [0.1, 0.15) is 28.7 Å². The molecular weight excluding hydrogens is 355 g/mol. The first kappa shape index (κ1) is 19.1. The van der Waals surface area contributed by atoms with E-state index in [1.807, 2.05) is 0 Å². The van der Waals surface area contributed by atoms with Crippen LogP contribution in [0.25, 0.3) is 5.65 Å². The molecule has 134 valence electrons. The lowest BCUT2D eigenvalue weighted by Gasteiger charge is -2.20. The number of amides is 1. The van der Waals surface area contributed by atoms with Crippen LogP contribution in [0, 0.1) is 0 Å². The van der Waals surface area contributed by atoms with Gasteiger partial charge in [0.1, 0.15) is 5.69 Å². The Labute approximate surface area is 148 Å². The van der Waals surface area contributed by atoms with Crippen LogP contribution in [0.15, 0.2) is 37.6 Å². The molecule has 2 heterocycles. The maximum absolute atomic E-state index is 13.1. The smallest absolute Gasteiger partial charge is 0.330 e. The Morgan fingerprint density at radius 3 is 2.44 bits per heavy atom. The number of imidazole rings is 1. The van der Waals surface area contributed by atoms with E-state index in [1.54, 1.807) is 6.92 Å². The van der Waals surface area contributed by atoms with Crippen LogP contribution in [-0.2, 0) is 12.6 Å². The lowest BCUT2D eigenvalue weighted by molar-refractivity contribution is -0.137. The van der Waals surface area contributed by atoms with Gasteiger partial charge in [-0.25, -0.2) is 4.98 Å². The number of rotatable bonds is 6. The molecule has 1 amide bonds. The van der Waals surface area contributed by atoms with Gasteiger partial charge in [-0.2, -0.15) is 13.2 Å². The molecule has 0 saturated carbocycles. The number of alkyl halides is 3. The molecule has 0 radical (unpaired) electrons. The van der Waals surface area contributed by atoms with E-state index in [0.717, 1.165) is 16.7 Å². The van der Waals surface area contributed by atoms with Gasteiger partial charge in [-0.3, -0.25) is 9.20 Å². The predicted molar refractivity (Wildman–Crippen MR) is 90.9 cm³/mol. The van der Waals surface area contributed by atoms with Crippen molar-refractivity contribution in [1.29, 1.82) is 0 Å². The molecule has 0 aliphatic carbocycles. The molecule has 2 rings (SSSR count). The van der Waals surface area contributed by atoms with Gasteiger partial charge < -0.3 is 4.90 Å². The second-order valence-corrected chi connectivity index (χ2v) is 5.72. The zero-order valence-electron chi connectivity index (χ0n) is 13.6. The summed E-state index contributed by atoms with van der Waals surface area (Å²) in [6.45, 7) is 9.41. The molecule has 2 aromatic rings. The number of aromatic nitrogens is 2. The van der Waals surface area contributed by atoms with Crippen LogP contribution < -0.4 is 0 Å². The predicted octanol–water partition coefficient (Wildman–Crippen LogP) is 4.38. The van der Waals surface area contributed by atoms with Gasteiger partial charge in [0.2, 0.25) is 0 Å². The van der Waals surface area contributed by atoms with E-state index < -0.39 is 17.6 Å². The van der Waals surface area contributed by atoms with Crippen LogP contribution in [0.5, 0.6) is 0 Å². The quantitative estimate of drug-likeness (QED) is 0.706. The van der Waals surface area contributed by atoms with E-state index in [9.17, 15) is 18.0 Å². The second kappa shape index (κ2) is 7.31. The highest BCUT2D eigenvalue weighted by molar-refractivity contribution is 6.33. The van der Waals surface area contributed by atoms with Crippen molar-refractivity contribution < 1.29 is 18.0 Å². The number of pyridine rings is 1. The molecule has 0 unspecified atom stereocenters. The van der Waals surface area contributed by atoms with Gasteiger partial charge >= 0.3 is 6.18 Å². The number of halogens is 4. The van der Waals surface area contributed by atoms with E-state index in [1.165, 1.54) is 17.1 Å². The van der Waals surface area contributed by atoms with Crippen molar-refractivity contribution in [2.75, 3.05) is 13.1 Å². The third-order valence-corrected chi connectivity index (χ3v) is 3.88. The van der Waals surface area contributed by atoms with Crippen LogP contribution in [0.4, 0.5) is 13.2 Å². The molecule has 25 heavy (non-hydrogen) atoms. The molecule has 2 aromatic heterocycles. The van der Waals surface area contributed by atoms with Crippen molar-refractivity contribution >= 4 is 23.2 Å². The van der Waals surface area contributed by atoms with Crippen LogP contribution in [0.3, 0.4) is 0 Å². The molecule has 0 bridgehead atoms. The number of fused-ring (bicyclic) bond motifs is 1. The maximum Gasteiger partial charge on any atom is 0.417 e. The fourth-order valence-electron chi connectivity index (χ4n) is 2.48. The summed E-state index contributed by atoms with van der Waals surface area (Å²) in [5, 5.41) is -0.164. The first-order valence-electron chi connectivity index (χ1n) is 7.53. The van der Waals surface area contributed by atoms with Gasteiger partial charge in [0, 0.05) is 19.3 Å². The lowest BCUT2D eigenvalue weighted by atomic mass is 10.2. The second-order valence-electron chi connectivity index (χ2n) is 5.32. The number of carbonyl (C=O) groups excluding carboxylic acids is 1. The molecule has 0 saturated heterocycles. The minimum Gasteiger partial charge on any atom is -0.330 e. The minimum absolute atomic E-state index is 0.0641. The van der Waals surface area contributed by atoms with Crippen molar-refractivity contribution in [3.63, 3.8) is 0 Å². The Kier molecular flexibility index (Phi) is 5.57. The van der Waals surface area contributed by atoms with E-state index in [4.69, 9.17) is 11.6 Å². The maximum atomic E-state index is 13.1. The molecule has 0 fully saturated rings. The summed E-state index contributed by atoms with van der Waals surface area (Å²) in [6, 6.07) is 0.808. The molecule has 0 spiro atoms. The summed E-state index contributed by atoms with van der Waals surface area (Å²) in [7, 11) is 0. The summed E-state index contributed by atoms with van der Waals surface area (Å²) >= 11 is 5.98. The molecule has 8 heteroatoms. The van der Waals surface area contributed by atoms with Crippen molar-refractivity contribution in [3.8, 4) is 0 Å². The lowest BCUT2D eigenvalue weighted by Crippen LogP contribution is -2.33. The highest BCUT2D eigenvalue weighted by atomic mass is 35.5. The number of hydrogen-bond donors (Lipinski definition) is 0. The van der Waals surface area contributed by atoms with Gasteiger partial charge in [-0.1, -0.05) is 30.7 Å². The van der Waals surface area contributed by atoms with Crippen LogP contribution in [0.2, 0.25) is 5.02 Å². The first-order valence-corrected chi connectivity index (χ1v) is 7.91. The third-order valence-electron chi connectivity index (χ3n) is 3.60. The van der Waals surface area contributed by atoms with Gasteiger partial charge in [-0.05, 0) is 12.5 Å². The normalized spacial score (nSPS) is 11.6. The van der Waals surface area contributed by atoms with Crippen molar-refractivity contribution in [1.82, 2.24) is 14.3 Å². The molecular formula is C17H17ClF3N3O. The van der Waals surface area contributed by atoms with Crippen molar-refractivity contribution in [2.24, 2.45) is 0 Å². The SMILES string of the molecule is C=CCN(CC=C)C(=O)c1c(CC)nc2c(Cl)cc(C(F)(F)F)cn12. The Bertz CT molecular complexity index is 817. The van der Waals surface area contributed by atoms with E-state index >= 15 is 0 Å². The average Bonchev–Trinajstić information content (AvgIpc) is 2.92. The Hall–Kier alpha value is -2.28. The largest absolute Gasteiger partial charge is 0.417 e. The summed E-state index contributed by atoms with van der Waals surface area (Å²) in [6.07, 6.45) is -0.303. The molecule has 0 aliphatic rings. The monoisotopic (exact) mass is 371 g/mol. The zero-order valence-corrected chi connectivity index (χ0v) is 14.4. The number of carbonyl (C=O) groups is 1. The van der Waals surface area contributed by atoms with E-state index in [-0.39, 0.29) is 29.5 Å². The first-order chi connectivity index (χ1) is 11.7. The summed E-state index contributed by atoms with van der Waals surface area (Å²) < 4.78 is 40.4. The topological polar surface area (TPSA) is 37.6 Å². The molecule has 0 N–H and O–H groups in total. The number of hydrogen-bond acceptors (Lipinski definition) is 2. The molecule has 0 aromatic carbocycles. The van der Waals surface area contributed by atoms with Gasteiger partial charge in [0.05, 0.1) is 16.3 Å². The third kappa shape index (κ3) is 3.71. The summed E-state index contributed by atoms with van der Waals surface area (Å²) in [4.78, 5) is 18.6. The fourth-order valence-corrected chi connectivity index (χ4v) is 2.73. The van der Waals surface area contributed by atoms with Gasteiger partial charge in [0.25, 0.3) is 5.91 Å². The Morgan fingerprint density at radius 1 is 1.36 bits per heavy atom. The van der Waals surface area contributed by atoms with Crippen LogP contribution >= 0.6 is 11.6 Å². The minimum atomic E-state index is -4.59. The van der Waals surface area contributed by atoms with E-state index in [0.29, 0.717) is 12.1 Å². The highest BCUT2D eigenvalue weighted by Gasteiger charge is 2.33. The Balaban J connectivity index is 2.72. The molecule has 4 nitrogen and oxygen atoms in total. The fraction of sp³-hybridized carbons (Fsp3) is 0.294. The standard InChI is InChI=1S/C17H17ClF3N3O/c1-4-7-23(8-5-2)16(25)14-13(6-3)22-15-12(18)9-11(10-24(14)15)17(19,20)21/h4-5,9-10H,1-2,6-8H2,3H3. The van der Waals surface area contributed by atoms with Crippen molar-refractivity contribution in [2.45, 2.75) is 19.5 Å². The summed E-state index contributed by atoms with van der Waals surface area (Å²) in [5.41, 5.74) is -0.385.